The first-order chi connectivity index (χ1) is 7.54. The molecule has 0 aliphatic heterocycles. The Balaban J connectivity index is 2.71. The van der Waals surface area contributed by atoms with Gasteiger partial charge < -0.3 is 16.4 Å². The zero-order valence-electron chi connectivity index (χ0n) is 8.81. The van der Waals surface area contributed by atoms with Crippen LogP contribution in [0, 0.1) is 0 Å². The molecule has 1 rings (SSSR count). The molecule has 0 fully saturated rings. The van der Waals surface area contributed by atoms with Gasteiger partial charge in [0.05, 0.1) is 15.7 Å². The quantitative estimate of drug-likeness (QED) is 0.586. The second-order valence-corrected chi connectivity index (χ2v) is 4.46. The van der Waals surface area contributed by atoms with E-state index in [4.69, 9.17) is 41.2 Å². The van der Waals surface area contributed by atoms with Crippen LogP contribution in [0.3, 0.4) is 0 Å². The lowest BCUT2D eigenvalue weighted by Crippen LogP contribution is -2.28. The van der Waals surface area contributed by atoms with E-state index in [0.29, 0.717) is 20.8 Å². The van der Waals surface area contributed by atoms with Crippen LogP contribution in [0.5, 0.6) is 0 Å². The number of halogens is 2. The zero-order valence-corrected chi connectivity index (χ0v) is 11.1. The highest BCUT2D eigenvalue weighted by Gasteiger charge is 2.05. The average molecular weight is 278 g/mol. The molecule has 1 aromatic carbocycles. The minimum Gasteiger partial charge on any atom is -0.396 e. The number of benzene rings is 1. The molecule has 0 amide bonds. The van der Waals surface area contributed by atoms with Crippen molar-refractivity contribution in [2.45, 2.75) is 13.3 Å². The lowest BCUT2D eigenvalue weighted by molar-refractivity contribution is 0.846. The van der Waals surface area contributed by atoms with Crippen LogP contribution in [-0.2, 0) is 0 Å². The minimum absolute atomic E-state index is 0.376. The van der Waals surface area contributed by atoms with E-state index in [-0.39, 0.29) is 0 Å². The van der Waals surface area contributed by atoms with Crippen molar-refractivity contribution in [3.05, 3.63) is 22.2 Å². The number of rotatable bonds is 3. The van der Waals surface area contributed by atoms with Crippen molar-refractivity contribution in [3.8, 4) is 0 Å². The number of hydrogen-bond acceptors (Lipinski definition) is 2. The van der Waals surface area contributed by atoms with Crippen LogP contribution < -0.4 is 16.4 Å². The Bertz CT molecular complexity index is 373. The van der Waals surface area contributed by atoms with E-state index >= 15 is 0 Å². The molecule has 0 bridgehead atoms. The van der Waals surface area contributed by atoms with Gasteiger partial charge in [0.15, 0.2) is 5.11 Å². The molecule has 0 unspecified atom stereocenters. The third kappa shape index (κ3) is 3.70. The Kier molecular flexibility index (Phi) is 5.12. The molecule has 1 aromatic rings. The van der Waals surface area contributed by atoms with Gasteiger partial charge in [-0.05, 0) is 30.8 Å². The molecule has 0 heterocycles. The van der Waals surface area contributed by atoms with Crippen LogP contribution in [0.1, 0.15) is 13.3 Å². The summed E-state index contributed by atoms with van der Waals surface area (Å²) in [5, 5.41) is 7.38. The van der Waals surface area contributed by atoms with Gasteiger partial charge in [0, 0.05) is 12.2 Å². The molecular weight excluding hydrogens is 265 g/mol. The van der Waals surface area contributed by atoms with E-state index in [1.54, 1.807) is 12.1 Å². The topological polar surface area (TPSA) is 50.1 Å². The number of hydrogen-bond donors (Lipinski definition) is 3. The Morgan fingerprint density at radius 3 is 2.44 bits per heavy atom. The van der Waals surface area contributed by atoms with Gasteiger partial charge in [0.1, 0.15) is 0 Å². The summed E-state index contributed by atoms with van der Waals surface area (Å²) in [6, 6.07) is 3.37. The Morgan fingerprint density at radius 1 is 1.38 bits per heavy atom. The number of anilines is 2. The molecule has 16 heavy (non-hydrogen) atoms. The molecule has 0 aliphatic carbocycles. The summed E-state index contributed by atoms with van der Waals surface area (Å²) in [4.78, 5) is 0. The molecule has 3 nitrogen and oxygen atoms in total. The maximum absolute atomic E-state index is 5.89. The number of nitrogens with one attached hydrogen (secondary N) is 2. The molecule has 0 aliphatic rings. The first-order valence-electron chi connectivity index (χ1n) is 4.84. The largest absolute Gasteiger partial charge is 0.396 e. The van der Waals surface area contributed by atoms with Crippen molar-refractivity contribution in [1.82, 2.24) is 5.32 Å². The fraction of sp³-hybridized carbons (Fsp3) is 0.300. The summed E-state index contributed by atoms with van der Waals surface area (Å²) in [5.74, 6) is 0. The molecule has 88 valence electrons. The monoisotopic (exact) mass is 277 g/mol. The molecule has 0 saturated heterocycles. The van der Waals surface area contributed by atoms with Crippen LogP contribution in [0.2, 0.25) is 10.0 Å². The Hall–Kier alpha value is -0.710. The highest BCUT2D eigenvalue weighted by Crippen LogP contribution is 2.30. The zero-order chi connectivity index (χ0) is 12.1. The normalized spacial score (nSPS) is 9.94. The smallest absolute Gasteiger partial charge is 0.170 e. The number of thiocarbonyl (C=S) groups is 1. The molecule has 4 N–H and O–H groups in total. The lowest BCUT2D eigenvalue weighted by atomic mass is 10.3. The predicted octanol–water partition coefficient (Wildman–Crippen LogP) is 3.27. The van der Waals surface area contributed by atoms with Crippen molar-refractivity contribution < 1.29 is 0 Å². The van der Waals surface area contributed by atoms with E-state index in [2.05, 4.69) is 17.6 Å². The SMILES string of the molecule is CCCNC(=S)Nc1cc(Cl)c(N)c(Cl)c1. The fourth-order valence-corrected chi connectivity index (χ4v) is 1.78. The van der Waals surface area contributed by atoms with E-state index < -0.39 is 0 Å². The van der Waals surface area contributed by atoms with Crippen molar-refractivity contribution in [2.75, 3.05) is 17.6 Å². The summed E-state index contributed by atoms with van der Waals surface area (Å²) < 4.78 is 0. The van der Waals surface area contributed by atoms with Gasteiger partial charge in [-0.15, -0.1) is 0 Å². The van der Waals surface area contributed by atoms with Gasteiger partial charge >= 0.3 is 0 Å². The molecule has 0 atom stereocenters. The Morgan fingerprint density at radius 2 is 1.94 bits per heavy atom. The summed E-state index contributed by atoms with van der Waals surface area (Å²) in [5.41, 5.74) is 6.72. The van der Waals surface area contributed by atoms with E-state index in [9.17, 15) is 0 Å². The van der Waals surface area contributed by atoms with Crippen LogP contribution in [0.25, 0.3) is 0 Å². The molecule has 0 aromatic heterocycles. The van der Waals surface area contributed by atoms with E-state index in [1.165, 1.54) is 0 Å². The highest BCUT2D eigenvalue weighted by atomic mass is 35.5. The van der Waals surface area contributed by atoms with Gasteiger partial charge in [0.2, 0.25) is 0 Å². The third-order valence-electron chi connectivity index (χ3n) is 1.87. The number of nitrogens with two attached hydrogens (primary N) is 1. The molecule has 6 heteroatoms. The van der Waals surface area contributed by atoms with Crippen molar-refractivity contribution in [3.63, 3.8) is 0 Å². The standard InChI is InChI=1S/C10H13Cl2N3S/c1-2-3-14-10(16)15-6-4-7(11)9(13)8(12)5-6/h4-5H,2-3,13H2,1H3,(H2,14,15,16). The van der Waals surface area contributed by atoms with Gasteiger partial charge in [-0.25, -0.2) is 0 Å². The van der Waals surface area contributed by atoms with Gasteiger partial charge in [-0.2, -0.15) is 0 Å². The third-order valence-corrected chi connectivity index (χ3v) is 2.74. The van der Waals surface area contributed by atoms with Crippen molar-refractivity contribution in [1.29, 1.82) is 0 Å². The van der Waals surface area contributed by atoms with Gasteiger partial charge in [-0.1, -0.05) is 30.1 Å². The van der Waals surface area contributed by atoms with Crippen LogP contribution in [0.4, 0.5) is 11.4 Å². The van der Waals surface area contributed by atoms with Crippen LogP contribution in [0.15, 0.2) is 12.1 Å². The lowest BCUT2D eigenvalue weighted by Gasteiger charge is -2.11. The van der Waals surface area contributed by atoms with E-state index in [0.717, 1.165) is 18.7 Å². The second-order valence-electron chi connectivity index (χ2n) is 3.23. The van der Waals surface area contributed by atoms with Crippen molar-refractivity contribution in [2.24, 2.45) is 0 Å². The summed E-state index contributed by atoms with van der Waals surface area (Å²) in [6.07, 6.45) is 1.01. The molecular formula is C10H13Cl2N3S. The maximum Gasteiger partial charge on any atom is 0.170 e. The molecule has 0 spiro atoms. The minimum atomic E-state index is 0.376. The molecule has 0 radical (unpaired) electrons. The first-order valence-corrected chi connectivity index (χ1v) is 6.00. The summed E-state index contributed by atoms with van der Waals surface area (Å²) in [7, 11) is 0. The summed E-state index contributed by atoms with van der Waals surface area (Å²) in [6.45, 7) is 2.88. The Labute approximate surface area is 110 Å². The highest BCUT2D eigenvalue weighted by molar-refractivity contribution is 7.80. The predicted molar refractivity (Wildman–Crippen MR) is 75.4 cm³/mol. The molecule has 0 saturated carbocycles. The van der Waals surface area contributed by atoms with Crippen LogP contribution in [-0.4, -0.2) is 11.7 Å². The first kappa shape index (κ1) is 13.4. The van der Waals surface area contributed by atoms with Gasteiger partial charge in [0.25, 0.3) is 0 Å². The second kappa shape index (κ2) is 6.13. The van der Waals surface area contributed by atoms with Crippen LogP contribution >= 0.6 is 35.4 Å². The summed E-state index contributed by atoms with van der Waals surface area (Å²) >= 11 is 16.9. The fourth-order valence-electron chi connectivity index (χ4n) is 1.07. The average Bonchev–Trinajstić information content (AvgIpc) is 2.23. The van der Waals surface area contributed by atoms with E-state index in [1.807, 2.05) is 0 Å². The maximum atomic E-state index is 5.89. The van der Waals surface area contributed by atoms with Gasteiger partial charge in [-0.3, -0.25) is 0 Å². The van der Waals surface area contributed by atoms with Crippen molar-refractivity contribution >= 4 is 51.9 Å². The number of nitrogen functional groups attached to an aromatic ring is 1.